The zero-order valence-corrected chi connectivity index (χ0v) is 14.5. The summed E-state index contributed by atoms with van der Waals surface area (Å²) in [5.74, 6) is -0.374. The van der Waals surface area contributed by atoms with E-state index < -0.39 is 6.43 Å². The number of alkyl halides is 2. The summed E-state index contributed by atoms with van der Waals surface area (Å²) in [6.45, 7) is 5.58. The average molecular weight is 325 g/mol. The van der Waals surface area contributed by atoms with Gasteiger partial charge in [-0.1, -0.05) is 50.3 Å². The van der Waals surface area contributed by atoms with Gasteiger partial charge in [-0.2, -0.15) is 0 Å². The van der Waals surface area contributed by atoms with Gasteiger partial charge < -0.3 is 5.32 Å². The van der Waals surface area contributed by atoms with E-state index >= 15 is 0 Å². The lowest BCUT2D eigenvalue weighted by molar-refractivity contribution is -0.118. The summed E-state index contributed by atoms with van der Waals surface area (Å²) in [6, 6.07) is 0.107. The number of unbranched alkanes of at least 4 members (excludes halogenated alkanes) is 1. The van der Waals surface area contributed by atoms with Gasteiger partial charge in [0.1, 0.15) is 0 Å². The maximum absolute atomic E-state index is 13.5. The van der Waals surface area contributed by atoms with E-state index in [-0.39, 0.29) is 23.1 Å². The summed E-state index contributed by atoms with van der Waals surface area (Å²) in [7, 11) is 0. The Morgan fingerprint density at radius 1 is 1.26 bits per heavy atom. The van der Waals surface area contributed by atoms with Crippen LogP contribution in [-0.4, -0.2) is 18.4 Å². The predicted molar refractivity (Wildman–Crippen MR) is 91.5 cm³/mol. The number of allylic oxidation sites excluding steroid dienone is 4. The Labute approximate surface area is 138 Å². The highest BCUT2D eigenvalue weighted by molar-refractivity contribution is 5.98. The van der Waals surface area contributed by atoms with Gasteiger partial charge in [0.15, 0.2) is 0 Å². The Hall–Kier alpha value is -1.45. The van der Waals surface area contributed by atoms with Crippen molar-refractivity contribution in [1.29, 1.82) is 0 Å². The van der Waals surface area contributed by atoms with Gasteiger partial charge in [-0.05, 0) is 39.2 Å². The van der Waals surface area contributed by atoms with Gasteiger partial charge in [-0.15, -0.1) is 0 Å². The van der Waals surface area contributed by atoms with Gasteiger partial charge >= 0.3 is 0 Å². The van der Waals surface area contributed by atoms with Crippen molar-refractivity contribution in [2.75, 3.05) is 0 Å². The van der Waals surface area contributed by atoms with Crippen LogP contribution in [0.1, 0.15) is 65.7 Å². The van der Waals surface area contributed by atoms with Crippen molar-refractivity contribution in [3.8, 4) is 0 Å². The van der Waals surface area contributed by atoms with Crippen LogP contribution < -0.4 is 5.32 Å². The van der Waals surface area contributed by atoms with Crippen LogP contribution in [0.4, 0.5) is 8.78 Å². The van der Waals surface area contributed by atoms with Gasteiger partial charge in [0.25, 0.3) is 12.3 Å². The van der Waals surface area contributed by atoms with Crippen LogP contribution in [0, 0.1) is 0 Å². The van der Waals surface area contributed by atoms with Crippen LogP contribution in [0.5, 0.6) is 0 Å². The molecule has 0 saturated heterocycles. The van der Waals surface area contributed by atoms with Crippen LogP contribution in [0.25, 0.3) is 0 Å². The Morgan fingerprint density at radius 2 is 1.91 bits per heavy atom. The summed E-state index contributed by atoms with van der Waals surface area (Å²) in [6.07, 6.45) is 8.80. The van der Waals surface area contributed by atoms with E-state index in [1.807, 2.05) is 26.8 Å². The number of amides is 1. The molecule has 1 N–H and O–H groups in total. The molecule has 0 spiro atoms. The molecule has 0 aromatic heterocycles. The summed E-state index contributed by atoms with van der Waals surface area (Å²) >= 11 is 0. The van der Waals surface area contributed by atoms with Crippen molar-refractivity contribution in [2.24, 2.45) is 0 Å². The van der Waals surface area contributed by atoms with E-state index in [9.17, 15) is 13.6 Å². The van der Waals surface area contributed by atoms with Gasteiger partial charge in [-0.25, -0.2) is 8.78 Å². The first-order chi connectivity index (χ1) is 11.0. The SMILES string of the molecule is C\C=C(C)/C=C(C(=O)NC1CCCCC1)\C(=C\CCC)C(F)F. The molecule has 4 heteroatoms. The Morgan fingerprint density at radius 3 is 2.43 bits per heavy atom. The Balaban J connectivity index is 3.02. The number of rotatable bonds is 7. The number of carbonyl (C=O) groups is 1. The van der Waals surface area contributed by atoms with E-state index in [0.29, 0.717) is 6.42 Å². The molecule has 1 rings (SSSR count). The summed E-state index contributed by atoms with van der Waals surface area (Å²) in [5, 5.41) is 2.95. The van der Waals surface area contributed by atoms with Gasteiger partial charge in [0, 0.05) is 17.2 Å². The molecule has 2 nitrogen and oxygen atoms in total. The number of nitrogens with one attached hydrogen (secondary N) is 1. The minimum absolute atomic E-state index is 0.106. The molecule has 1 aliphatic carbocycles. The van der Waals surface area contributed by atoms with E-state index in [1.165, 1.54) is 12.5 Å². The van der Waals surface area contributed by atoms with E-state index in [4.69, 9.17) is 0 Å². The zero-order valence-electron chi connectivity index (χ0n) is 14.5. The van der Waals surface area contributed by atoms with E-state index in [0.717, 1.165) is 37.7 Å². The highest BCUT2D eigenvalue weighted by Gasteiger charge is 2.24. The van der Waals surface area contributed by atoms with Crippen molar-refractivity contribution >= 4 is 5.91 Å². The Kier molecular flexibility index (Phi) is 8.82. The average Bonchev–Trinajstić information content (AvgIpc) is 2.54. The topological polar surface area (TPSA) is 29.1 Å². The minimum atomic E-state index is -2.64. The monoisotopic (exact) mass is 325 g/mol. The highest BCUT2D eigenvalue weighted by Crippen LogP contribution is 2.23. The molecule has 1 saturated carbocycles. The lowest BCUT2D eigenvalue weighted by Gasteiger charge is -2.24. The second kappa shape index (κ2) is 10.3. The molecule has 1 amide bonds. The van der Waals surface area contributed by atoms with E-state index in [2.05, 4.69) is 5.32 Å². The molecule has 1 fully saturated rings. The van der Waals surface area contributed by atoms with E-state index in [1.54, 1.807) is 6.08 Å². The van der Waals surface area contributed by atoms with Crippen molar-refractivity contribution in [1.82, 2.24) is 5.32 Å². The molecule has 0 heterocycles. The van der Waals surface area contributed by atoms with Crippen LogP contribution in [0.15, 0.2) is 34.9 Å². The Bertz CT molecular complexity index is 472. The molecule has 23 heavy (non-hydrogen) atoms. The van der Waals surface area contributed by atoms with Gasteiger partial charge in [0.2, 0.25) is 0 Å². The molecule has 0 bridgehead atoms. The number of hydrogen-bond donors (Lipinski definition) is 1. The quantitative estimate of drug-likeness (QED) is 0.498. The predicted octanol–water partition coefficient (Wildman–Crippen LogP) is 5.32. The third-order valence-electron chi connectivity index (χ3n) is 4.21. The fourth-order valence-corrected chi connectivity index (χ4v) is 2.72. The second-order valence-electron chi connectivity index (χ2n) is 6.15. The molecule has 130 valence electrons. The zero-order chi connectivity index (χ0) is 17.2. The lowest BCUT2D eigenvalue weighted by Crippen LogP contribution is -2.37. The molecule has 1 aliphatic rings. The largest absolute Gasteiger partial charge is 0.349 e. The molecule has 0 aromatic rings. The van der Waals surface area contributed by atoms with Crippen LogP contribution in [0.3, 0.4) is 0 Å². The molecule has 0 radical (unpaired) electrons. The van der Waals surface area contributed by atoms with Gasteiger partial charge in [-0.3, -0.25) is 4.79 Å². The first-order valence-corrected chi connectivity index (χ1v) is 8.63. The van der Waals surface area contributed by atoms with Crippen molar-refractivity contribution < 1.29 is 13.6 Å². The van der Waals surface area contributed by atoms with Crippen LogP contribution in [0.2, 0.25) is 0 Å². The second-order valence-corrected chi connectivity index (χ2v) is 6.15. The van der Waals surface area contributed by atoms with Crippen molar-refractivity contribution in [2.45, 2.75) is 78.2 Å². The summed E-state index contributed by atoms with van der Waals surface area (Å²) in [5.41, 5.74) is 0.762. The van der Waals surface area contributed by atoms with Crippen molar-refractivity contribution in [3.05, 3.63) is 34.9 Å². The van der Waals surface area contributed by atoms with Crippen molar-refractivity contribution in [3.63, 3.8) is 0 Å². The fraction of sp³-hybridized carbons (Fsp3) is 0.632. The third kappa shape index (κ3) is 6.67. The maximum atomic E-state index is 13.5. The summed E-state index contributed by atoms with van der Waals surface area (Å²) < 4.78 is 26.9. The van der Waals surface area contributed by atoms with Crippen LogP contribution >= 0.6 is 0 Å². The maximum Gasteiger partial charge on any atom is 0.264 e. The normalized spacial score (nSPS) is 18.4. The first-order valence-electron chi connectivity index (χ1n) is 8.63. The molecule has 0 unspecified atom stereocenters. The summed E-state index contributed by atoms with van der Waals surface area (Å²) in [4.78, 5) is 12.6. The molecule has 0 atom stereocenters. The number of carbonyl (C=O) groups excluding carboxylic acids is 1. The fourth-order valence-electron chi connectivity index (χ4n) is 2.72. The smallest absolute Gasteiger partial charge is 0.264 e. The van der Waals surface area contributed by atoms with Gasteiger partial charge in [0.05, 0.1) is 0 Å². The highest BCUT2D eigenvalue weighted by atomic mass is 19.3. The standard InChI is InChI=1S/C19H29F2NO/c1-4-6-12-16(18(20)21)17(13-14(3)5-2)19(23)22-15-10-8-7-9-11-15/h5,12-13,15,18H,4,6-11H2,1-3H3,(H,22,23)/b14-5-,16-12-,17-13+. The number of hydrogen-bond acceptors (Lipinski definition) is 1. The molecular weight excluding hydrogens is 296 g/mol. The molecule has 0 aromatic carbocycles. The molecular formula is C19H29F2NO. The minimum Gasteiger partial charge on any atom is -0.349 e. The first kappa shape index (κ1) is 19.6. The lowest BCUT2D eigenvalue weighted by atomic mass is 9.94. The number of halogens is 2. The third-order valence-corrected chi connectivity index (χ3v) is 4.21. The van der Waals surface area contributed by atoms with Crippen LogP contribution in [-0.2, 0) is 4.79 Å². The molecule has 0 aliphatic heterocycles.